The minimum Gasteiger partial charge on any atom is -0.497 e. The predicted octanol–water partition coefficient (Wildman–Crippen LogP) is 3.05. The molecule has 3 heterocycles. The molecule has 1 aromatic carbocycles. The fraction of sp³-hybridized carbons (Fsp3) is 0.522. The summed E-state index contributed by atoms with van der Waals surface area (Å²) in [6, 6.07) is 6.92. The number of carbonyl (C=O) groups is 3. The second-order valence-electron chi connectivity index (χ2n) is 8.42. The van der Waals surface area contributed by atoms with E-state index in [1.54, 1.807) is 36.3 Å². The Morgan fingerprint density at radius 3 is 2.30 bits per heavy atom. The van der Waals surface area contributed by atoms with Gasteiger partial charge in [0.05, 0.1) is 13.0 Å². The van der Waals surface area contributed by atoms with Gasteiger partial charge in [0.2, 0.25) is 15.9 Å². The SMILES string of the molecule is COc1ccc(NC(=O)c2nnc(C(=O)N3CCC[C@H](C(=O)N4CCCCCC4)C3)s2)cc1. The van der Waals surface area contributed by atoms with Crippen LogP contribution in [0.4, 0.5) is 5.69 Å². The number of piperidine rings is 1. The van der Waals surface area contributed by atoms with Crippen molar-refractivity contribution >= 4 is 34.7 Å². The molecule has 0 bridgehead atoms. The summed E-state index contributed by atoms with van der Waals surface area (Å²) in [7, 11) is 1.57. The lowest BCUT2D eigenvalue weighted by molar-refractivity contribution is -0.136. The zero-order valence-electron chi connectivity index (χ0n) is 18.8. The van der Waals surface area contributed by atoms with Gasteiger partial charge in [0.1, 0.15) is 5.75 Å². The second-order valence-corrected chi connectivity index (χ2v) is 9.40. The van der Waals surface area contributed by atoms with Gasteiger partial charge in [0, 0.05) is 31.9 Å². The van der Waals surface area contributed by atoms with Gasteiger partial charge in [0.25, 0.3) is 11.8 Å². The Morgan fingerprint density at radius 2 is 1.61 bits per heavy atom. The Bertz CT molecular complexity index is 985. The van der Waals surface area contributed by atoms with Crippen molar-refractivity contribution in [3.05, 3.63) is 34.3 Å². The third-order valence-electron chi connectivity index (χ3n) is 6.13. The van der Waals surface area contributed by atoms with E-state index in [0.29, 0.717) is 24.5 Å². The maximum Gasteiger partial charge on any atom is 0.286 e. The fourth-order valence-electron chi connectivity index (χ4n) is 4.31. The first-order valence-electron chi connectivity index (χ1n) is 11.4. The van der Waals surface area contributed by atoms with Crippen LogP contribution in [0.5, 0.6) is 5.75 Å². The van der Waals surface area contributed by atoms with Gasteiger partial charge in [-0.2, -0.15) is 0 Å². The summed E-state index contributed by atoms with van der Waals surface area (Å²) >= 11 is 0.965. The van der Waals surface area contributed by atoms with E-state index in [4.69, 9.17) is 4.74 Å². The lowest BCUT2D eigenvalue weighted by Crippen LogP contribution is -2.47. The normalized spacial score (nSPS) is 19.0. The molecule has 176 valence electrons. The summed E-state index contributed by atoms with van der Waals surface area (Å²) in [5.41, 5.74) is 0.592. The summed E-state index contributed by atoms with van der Waals surface area (Å²) in [6.45, 7) is 2.59. The van der Waals surface area contributed by atoms with E-state index in [-0.39, 0.29) is 27.7 Å². The van der Waals surface area contributed by atoms with E-state index in [1.807, 2.05) is 4.90 Å². The Hall–Kier alpha value is -3.01. The van der Waals surface area contributed by atoms with Crippen molar-refractivity contribution in [3.63, 3.8) is 0 Å². The first-order chi connectivity index (χ1) is 16.0. The number of rotatable bonds is 5. The van der Waals surface area contributed by atoms with E-state index in [9.17, 15) is 14.4 Å². The lowest BCUT2D eigenvalue weighted by Gasteiger charge is -2.34. The largest absolute Gasteiger partial charge is 0.497 e. The number of hydrogen-bond donors (Lipinski definition) is 1. The van der Waals surface area contributed by atoms with E-state index >= 15 is 0 Å². The summed E-state index contributed by atoms with van der Waals surface area (Å²) in [6.07, 6.45) is 6.01. The molecule has 4 rings (SSSR count). The number of benzene rings is 1. The molecule has 0 unspecified atom stereocenters. The summed E-state index contributed by atoms with van der Waals surface area (Å²) in [5.74, 6) is -0.0299. The molecule has 0 aliphatic carbocycles. The van der Waals surface area contributed by atoms with Gasteiger partial charge in [-0.25, -0.2) is 0 Å². The molecule has 10 heteroatoms. The number of hydrogen-bond acceptors (Lipinski definition) is 7. The van der Waals surface area contributed by atoms with Gasteiger partial charge < -0.3 is 19.9 Å². The van der Waals surface area contributed by atoms with Gasteiger partial charge in [-0.15, -0.1) is 10.2 Å². The molecule has 0 spiro atoms. The molecule has 0 radical (unpaired) electrons. The Balaban J connectivity index is 1.36. The smallest absolute Gasteiger partial charge is 0.286 e. The highest BCUT2D eigenvalue weighted by atomic mass is 32.1. The van der Waals surface area contributed by atoms with Crippen LogP contribution in [0.25, 0.3) is 0 Å². The average molecular weight is 472 g/mol. The van der Waals surface area contributed by atoms with Crippen LogP contribution in [0.2, 0.25) is 0 Å². The van der Waals surface area contributed by atoms with Crippen LogP contribution < -0.4 is 10.1 Å². The van der Waals surface area contributed by atoms with Crippen LogP contribution in [-0.4, -0.2) is 71.0 Å². The van der Waals surface area contributed by atoms with Crippen LogP contribution in [0, 0.1) is 5.92 Å². The molecule has 33 heavy (non-hydrogen) atoms. The van der Waals surface area contributed by atoms with Gasteiger partial charge in [-0.05, 0) is 49.9 Å². The van der Waals surface area contributed by atoms with Crippen LogP contribution in [0.3, 0.4) is 0 Å². The highest BCUT2D eigenvalue weighted by molar-refractivity contribution is 7.15. The molecule has 2 aromatic rings. The Kier molecular flexibility index (Phi) is 7.54. The lowest BCUT2D eigenvalue weighted by atomic mass is 9.96. The number of aromatic nitrogens is 2. The minimum atomic E-state index is -0.426. The van der Waals surface area contributed by atoms with Gasteiger partial charge in [0.15, 0.2) is 0 Å². The topological polar surface area (TPSA) is 105 Å². The maximum absolute atomic E-state index is 13.0. The molecule has 1 aromatic heterocycles. The summed E-state index contributed by atoms with van der Waals surface area (Å²) in [5, 5.41) is 10.9. The third-order valence-corrected chi connectivity index (χ3v) is 7.04. The molecule has 2 aliphatic rings. The molecule has 2 aliphatic heterocycles. The molecule has 9 nitrogen and oxygen atoms in total. The standard InChI is InChI=1S/C23H29N5O4S/c1-32-18-10-8-17(9-11-18)24-19(29)20-25-26-21(33-20)23(31)28-14-6-7-16(15-28)22(30)27-12-4-2-3-5-13-27/h8-11,16H,2-7,12-15H2,1H3,(H,24,29)/t16-/m0/s1. The number of nitrogens with one attached hydrogen (secondary N) is 1. The highest BCUT2D eigenvalue weighted by Crippen LogP contribution is 2.24. The molecular weight excluding hydrogens is 442 g/mol. The third kappa shape index (κ3) is 5.68. The number of anilines is 1. The van der Waals surface area contributed by atoms with Crippen molar-refractivity contribution < 1.29 is 19.1 Å². The molecule has 1 atom stereocenters. The van der Waals surface area contributed by atoms with E-state index in [2.05, 4.69) is 15.5 Å². The number of amides is 3. The molecule has 2 fully saturated rings. The van der Waals surface area contributed by atoms with Crippen molar-refractivity contribution in [1.29, 1.82) is 0 Å². The zero-order chi connectivity index (χ0) is 23.2. The molecule has 2 saturated heterocycles. The van der Waals surface area contributed by atoms with Crippen molar-refractivity contribution in [2.45, 2.75) is 38.5 Å². The van der Waals surface area contributed by atoms with Crippen LogP contribution in [0.1, 0.15) is 58.1 Å². The maximum atomic E-state index is 13.0. The summed E-state index contributed by atoms with van der Waals surface area (Å²) < 4.78 is 5.11. The number of ether oxygens (including phenoxy) is 1. The quantitative estimate of drug-likeness (QED) is 0.719. The minimum absolute atomic E-state index is 0.114. The number of likely N-dealkylation sites (tertiary alicyclic amines) is 2. The average Bonchev–Trinajstić information content (AvgIpc) is 3.19. The predicted molar refractivity (Wildman–Crippen MR) is 125 cm³/mol. The number of carbonyl (C=O) groups excluding carboxylic acids is 3. The summed E-state index contributed by atoms with van der Waals surface area (Å²) in [4.78, 5) is 42.2. The van der Waals surface area contributed by atoms with E-state index in [1.165, 1.54) is 12.8 Å². The molecular formula is C23H29N5O4S. The van der Waals surface area contributed by atoms with E-state index in [0.717, 1.165) is 50.1 Å². The monoisotopic (exact) mass is 471 g/mol. The van der Waals surface area contributed by atoms with Crippen molar-refractivity contribution in [2.75, 3.05) is 38.6 Å². The highest BCUT2D eigenvalue weighted by Gasteiger charge is 2.33. The van der Waals surface area contributed by atoms with Gasteiger partial charge >= 0.3 is 0 Å². The second kappa shape index (κ2) is 10.7. The van der Waals surface area contributed by atoms with E-state index < -0.39 is 5.91 Å². The molecule has 3 amide bonds. The van der Waals surface area contributed by atoms with Crippen molar-refractivity contribution in [3.8, 4) is 5.75 Å². The van der Waals surface area contributed by atoms with Crippen molar-refractivity contribution in [2.24, 2.45) is 5.92 Å². The number of nitrogens with zero attached hydrogens (tertiary/aromatic N) is 4. The van der Waals surface area contributed by atoms with Crippen LogP contribution in [-0.2, 0) is 4.79 Å². The van der Waals surface area contributed by atoms with Crippen LogP contribution in [0.15, 0.2) is 24.3 Å². The molecule has 0 saturated carbocycles. The zero-order valence-corrected chi connectivity index (χ0v) is 19.6. The van der Waals surface area contributed by atoms with Crippen molar-refractivity contribution in [1.82, 2.24) is 20.0 Å². The van der Waals surface area contributed by atoms with Gasteiger partial charge in [-0.3, -0.25) is 14.4 Å². The number of methoxy groups -OCH3 is 1. The van der Waals surface area contributed by atoms with Gasteiger partial charge in [-0.1, -0.05) is 24.2 Å². The Morgan fingerprint density at radius 1 is 0.939 bits per heavy atom. The first kappa shape index (κ1) is 23.2. The fourth-order valence-corrected chi connectivity index (χ4v) is 5.01. The first-order valence-corrected chi connectivity index (χ1v) is 12.2. The molecule has 1 N–H and O–H groups in total. The Labute approximate surface area is 197 Å². The van der Waals surface area contributed by atoms with Crippen LogP contribution >= 0.6 is 11.3 Å².